The smallest absolute Gasteiger partial charge is 0.307 e. The van der Waals surface area contributed by atoms with E-state index in [0.29, 0.717) is 5.75 Å². The third-order valence-corrected chi connectivity index (χ3v) is 1.75. The van der Waals surface area contributed by atoms with E-state index < -0.39 is 5.97 Å². The number of hydrogen-bond acceptors (Lipinski definition) is 3. The average Bonchev–Trinajstić information content (AvgIpc) is 2.07. The molecule has 0 spiro atoms. The van der Waals surface area contributed by atoms with Crippen LogP contribution in [-0.4, -0.2) is 22.2 Å². The maximum Gasteiger partial charge on any atom is 0.307 e. The Balaban J connectivity index is 2.60. The van der Waals surface area contributed by atoms with Crippen molar-refractivity contribution in [1.29, 1.82) is 0 Å². The third-order valence-electron chi connectivity index (χ3n) is 1.75. The van der Waals surface area contributed by atoms with Gasteiger partial charge in [-0.3, -0.25) is 9.78 Å². The van der Waals surface area contributed by atoms with Gasteiger partial charge in [0, 0.05) is 6.20 Å². The molecule has 0 aliphatic rings. The van der Waals surface area contributed by atoms with Crippen LogP contribution in [0.4, 0.5) is 0 Å². The van der Waals surface area contributed by atoms with E-state index >= 15 is 0 Å². The molecule has 1 heterocycles. The van der Waals surface area contributed by atoms with Crippen molar-refractivity contribution in [2.45, 2.75) is 26.4 Å². The number of carboxylic acid groups (broad SMARTS) is 1. The van der Waals surface area contributed by atoms with Crippen molar-refractivity contribution in [2.24, 2.45) is 0 Å². The number of carbonyl (C=O) groups is 1. The van der Waals surface area contributed by atoms with E-state index in [1.54, 1.807) is 25.3 Å². The summed E-state index contributed by atoms with van der Waals surface area (Å²) in [4.78, 5) is 14.4. The van der Waals surface area contributed by atoms with Crippen LogP contribution >= 0.6 is 0 Å². The quantitative estimate of drug-likeness (QED) is 0.793. The summed E-state index contributed by atoms with van der Waals surface area (Å²) in [6.07, 6.45) is 1.33. The van der Waals surface area contributed by atoms with Gasteiger partial charge in [0.1, 0.15) is 11.9 Å². The molecular weight excluding hydrogens is 182 g/mol. The number of carboxylic acids is 1. The Kier molecular flexibility index (Phi) is 3.45. The molecule has 0 unspecified atom stereocenters. The van der Waals surface area contributed by atoms with E-state index in [2.05, 4.69) is 4.98 Å². The van der Waals surface area contributed by atoms with Crippen molar-refractivity contribution in [1.82, 2.24) is 4.98 Å². The molecule has 0 aliphatic carbocycles. The predicted molar refractivity (Wildman–Crippen MR) is 51.3 cm³/mol. The second kappa shape index (κ2) is 4.60. The van der Waals surface area contributed by atoms with E-state index in [9.17, 15) is 4.79 Å². The Morgan fingerprint density at radius 2 is 2.43 bits per heavy atom. The number of pyridine rings is 1. The molecule has 1 N–H and O–H groups in total. The molecule has 0 bridgehead atoms. The maximum atomic E-state index is 10.4. The Bertz CT molecular complexity index is 325. The molecule has 4 nitrogen and oxygen atoms in total. The minimum Gasteiger partial charge on any atom is -0.488 e. The SMILES string of the molecule is Cc1ncccc1O[C@H](C)CC(=O)O. The van der Waals surface area contributed by atoms with Crippen LogP contribution in [0.25, 0.3) is 0 Å². The number of nitrogens with zero attached hydrogens (tertiary/aromatic N) is 1. The summed E-state index contributed by atoms with van der Waals surface area (Å²) in [5.41, 5.74) is 0.768. The topological polar surface area (TPSA) is 59.4 Å². The fourth-order valence-corrected chi connectivity index (χ4v) is 1.10. The highest BCUT2D eigenvalue weighted by Gasteiger charge is 2.10. The number of hydrogen-bond donors (Lipinski definition) is 1. The first-order valence-electron chi connectivity index (χ1n) is 4.39. The molecule has 1 rings (SSSR count). The van der Waals surface area contributed by atoms with Crippen molar-refractivity contribution in [3.05, 3.63) is 24.0 Å². The van der Waals surface area contributed by atoms with Gasteiger partial charge >= 0.3 is 5.97 Å². The lowest BCUT2D eigenvalue weighted by molar-refractivity contribution is -0.138. The summed E-state index contributed by atoms with van der Waals surface area (Å²) in [7, 11) is 0. The third kappa shape index (κ3) is 3.05. The Morgan fingerprint density at radius 1 is 1.71 bits per heavy atom. The highest BCUT2D eigenvalue weighted by molar-refractivity contribution is 5.67. The van der Waals surface area contributed by atoms with Gasteiger partial charge in [-0.05, 0) is 26.0 Å². The summed E-state index contributed by atoms with van der Waals surface area (Å²) in [6, 6.07) is 3.54. The number of ether oxygens (including phenoxy) is 1. The van der Waals surface area contributed by atoms with Crippen molar-refractivity contribution in [3.63, 3.8) is 0 Å². The molecule has 0 aromatic carbocycles. The van der Waals surface area contributed by atoms with Gasteiger partial charge in [0.2, 0.25) is 0 Å². The second-order valence-electron chi connectivity index (χ2n) is 3.11. The van der Waals surface area contributed by atoms with Gasteiger partial charge in [-0.1, -0.05) is 0 Å². The van der Waals surface area contributed by atoms with Crippen LogP contribution in [0, 0.1) is 6.92 Å². The average molecular weight is 195 g/mol. The highest BCUT2D eigenvalue weighted by Crippen LogP contribution is 2.16. The van der Waals surface area contributed by atoms with Gasteiger partial charge in [-0.15, -0.1) is 0 Å². The molecule has 0 radical (unpaired) electrons. The van der Waals surface area contributed by atoms with Crippen LogP contribution < -0.4 is 4.74 Å². The Labute approximate surface area is 82.5 Å². The van der Waals surface area contributed by atoms with Gasteiger partial charge in [-0.25, -0.2) is 0 Å². The molecule has 0 saturated heterocycles. The molecule has 4 heteroatoms. The summed E-state index contributed by atoms with van der Waals surface area (Å²) in [6.45, 7) is 3.55. The number of rotatable bonds is 4. The Hall–Kier alpha value is -1.58. The lowest BCUT2D eigenvalue weighted by Gasteiger charge is -2.13. The zero-order valence-electron chi connectivity index (χ0n) is 8.23. The van der Waals surface area contributed by atoms with Gasteiger partial charge in [0.25, 0.3) is 0 Å². The molecule has 0 fully saturated rings. The number of aryl methyl sites for hydroxylation is 1. The summed E-state index contributed by atoms with van der Waals surface area (Å²) >= 11 is 0. The first kappa shape index (κ1) is 10.5. The van der Waals surface area contributed by atoms with Crippen LogP contribution in [0.2, 0.25) is 0 Å². The zero-order valence-corrected chi connectivity index (χ0v) is 8.23. The molecule has 1 aromatic rings. The molecule has 1 atom stereocenters. The van der Waals surface area contributed by atoms with Gasteiger partial charge in [-0.2, -0.15) is 0 Å². The van der Waals surface area contributed by atoms with Gasteiger partial charge in [0.15, 0.2) is 0 Å². The zero-order chi connectivity index (χ0) is 10.6. The van der Waals surface area contributed by atoms with Crippen LogP contribution in [0.3, 0.4) is 0 Å². The van der Waals surface area contributed by atoms with E-state index in [1.807, 2.05) is 6.92 Å². The molecule has 0 saturated carbocycles. The van der Waals surface area contributed by atoms with E-state index in [0.717, 1.165) is 5.69 Å². The first-order valence-corrected chi connectivity index (χ1v) is 4.39. The van der Waals surface area contributed by atoms with Gasteiger partial charge < -0.3 is 9.84 Å². The lowest BCUT2D eigenvalue weighted by atomic mass is 10.3. The molecular formula is C10H13NO3. The largest absolute Gasteiger partial charge is 0.488 e. The van der Waals surface area contributed by atoms with Crippen LogP contribution in [0.15, 0.2) is 18.3 Å². The summed E-state index contributed by atoms with van der Waals surface area (Å²) in [5.74, 6) is -0.222. The second-order valence-corrected chi connectivity index (χ2v) is 3.11. The van der Waals surface area contributed by atoms with Crippen LogP contribution in [0.1, 0.15) is 19.0 Å². The van der Waals surface area contributed by atoms with Gasteiger partial charge in [0.05, 0.1) is 12.1 Å². The Morgan fingerprint density at radius 3 is 3.00 bits per heavy atom. The molecule has 14 heavy (non-hydrogen) atoms. The fraction of sp³-hybridized carbons (Fsp3) is 0.400. The molecule has 76 valence electrons. The van der Waals surface area contributed by atoms with E-state index in [4.69, 9.17) is 9.84 Å². The normalized spacial score (nSPS) is 12.1. The molecule has 0 aliphatic heterocycles. The van der Waals surface area contributed by atoms with Crippen molar-refractivity contribution >= 4 is 5.97 Å². The molecule has 1 aromatic heterocycles. The number of aromatic nitrogens is 1. The standard InChI is InChI=1S/C10H13NO3/c1-7(6-10(12)13)14-9-4-3-5-11-8(9)2/h3-5,7H,6H2,1-2H3,(H,12,13)/t7-/m1/s1. The van der Waals surface area contributed by atoms with Crippen LogP contribution in [-0.2, 0) is 4.79 Å². The molecule has 0 amide bonds. The number of aliphatic carboxylic acids is 1. The first-order chi connectivity index (χ1) is 6.59. The van der Waals surface area contributed by atoms with Crippen molar-refractivity contribution in [2.75, 3.05) is 0 Å². The van der Waals surface area contributed by atoms with Crippen molar-refractivity contribution in [3.8, 4) is 5.75 Å². The van der Waals surface area contributed by atoms with Crippen LogP contribution in [0.5, 0.6) is 5.75 Å². The minimum atomic E-state index is -0.862. The fourth-order valence-electron chi connectivity index (χ4n) is 1.10. The van der Waals surface area contributed by atoms with E-state index in [1.165, 1.54) is 0 Å². The summed E-state index contributed by atoms with van der Waals surface area (Å²) < 4.78 is 5.41. The highest BCUT2D eigenvalue weighted by atomic mass is 16.5. The van der Waals surface area contributed by atoms with Crippen molar-refractivity contribution < 1.29 is 14.6 Å². The predicted octanol–water partition coefficient (Wildman–Crippen LogP) is 1.63. The lowest BCUT2D eigenvalue weighted by Crippen LogP contribution is -2.17. The summed E-state index contributed by atoms with van der Waals surface area (Å²) in [5, 5.41) is 8.54. The maximum absolute atomic E-state index is 10.4. The van der Waals surface area contributed by atoms with E-state index in [-0.39, 0.29) is 12.5 Å². The minimum absolute atomic E-state index is 0.00562. The monoisotopic (exact) mass is 195 g/mol.